The van der Waals surface area contributed by atoms with Gasteiger partial charge in [0, 0.05) is 4.47 Å². The number of alkyl halides is 1. The Morgan fingerprint density at radius 1 is 1.24 bits per heavy atom. The first-order valence-electron chi connectivity index (χ1n) is 6.20. The zero-order valence-electron chi connectivity index (χ0n) is 10.7. The molecule has 0 aliphatic heterocycles. The fourth-order valence-corrected chi connectivity index (χ4v) is 3.23. The lowest BCUT2D eigenvalue weighted by Crippen LogP contribution is -2.06. The lowest BCUT2D eigenvalue weighted by atomic mass is 9.94. The first-order valence-corrected chi connectivity index (χ1v) is 7.43. The quantitative estimate of drug-likeness (QED) is 0.623. The highest BCUT2D eigenvalue weighted by molar-refractivity contribution is 9.10. The molecule has 0 heterocycles. The van der Waals surface area contributed by atoms with Crippen LogP contribution in [0.5, 0.6) is 5.75 Å². The molecular formula is C14H20BrClO. The first-order chi connectivity index (χ1) is 8.13. The molecule has 0 aromatic heterocycles. The summed E-state index contributed by atoms with van der Waals surface area (Å²) in [6.45, 7) is 7.04. The van der Waals surface area contributed by atoms with E-state index in [0.29, 0.717) is 12.5 Å². The third kappa shape index (κ3) is 3.89. The van der Waals surface area contributed by atoms with E-state index in [0.717, 1.165) is 28.6 Å². The summed E-state index contributed by atoms with van der Waals surface area (Å²) in [5, 5.41) is 0.0649. The van der Waals surface area contributed by atoms with Crippen LogP contribution in [0.4, 0.5) is 0 Å². The Morgan fingerprint density at radius 3 is 2.35 bits per heavy atom. The Morgan fingerprint density at radius 2 is 1.88 bits per heavy atom. The van der Waals surface area contributed by atoms with E-state index in [1.807, 2.05) is 19.1 Å². The third-order valence-electron chi connectivity index (χ3n) is 3.04. The standard InChI is InChI=1S/C14H20BrClO/c1-4-10(5-2)14(16)12-8-7-11(17-6-3)9-13(12)15/h7-10,14H,4-6H2,1-3H3. The van der Waals surface area contributed by atoms with Crippen LogP contribution < -0.4 is 4.74 Å². The van der Waals surface area contributed by atoms with Crippen LogP contribution in [-0.2, 0) is 0 Å². The van der Waals surface area contributed by atoms with Crippen LogP contribution in [0, 0.1) is 5.92 Å². The molecule has 3 heteroatoms. The summed E-state index contributed by atoms with van der Waals surface area (Å²) in [5.41, 5.74) is 1.16. The molecule has 1 rings (SSSR count). The molecule has 1 aromatic rings. The number of hydrogen-bond acceptors (Lipinski definition) is 1. The topological polar surface area (TPSA) is 9.23 Å². The fraction of sp³-hybridized carbons (Fsp3) is 0.571. The lowest BCUT2D eigenvalue weighted by Gasteiger charge is -2.21. The molecule has 0 saturated heterocycles. The van der Waals surface area contributed by atoms with E-state index in [1.54, 1.807) is 0 Å². The Balaban J connectivity index is 2.90. The van der Waals surface area contributed by atoms with Crippen LogP contribution in [0.2, 0.25) is 0 Å². The highest BCUT2D eigenvalue weighted by Gasteiger charge is 2.20. The zero-order valence-corrected chi connectivity index (χ0v) is 13.0. The van der Waals surface area contributed by atoms with Gasteiger partial charge in [0.1, 0.15) is 5.75 Å². The van der Waals surface area contributed by atoms with Crippen molar-refractivity contribution >= 4 is 27.5 Å². The normalized spacial score (nSPS) is 12.8. The number of benzene rings is 1. The van der Waals surface area contributed by atoms with E-state index in [2.05, 4.69) is 35.8 Å². The van der Waals surface area contributed by atoms with Crippen LogP contribution >= 0.6 is 27.5 Å². The van der Waals surface area contributed by atoms with Crippen molar-refractivity contribution in [2.24, 2.45) is 5.92 Å². The Hall–Kier alpha value is -0.210. The van der Waals surface area contributed by atoms with Crippen LogP contribution in [-0.4, -0.2) is 6.61 Å². The summed E-state index contributed by atoms with van der Waals surface area (Å²) < 4.78 is 6.50. The van der Waals surface area contributed by atoms with Crippen molar-refractivity contribution in [1.29, 1.82) is 0 Å². The van der Waals surface area contributed by atoms with Crippen molar-refractivity contribution in [2.75, 3.05) is 6.61 Å². The summed E-state index contributed by atoms with van der Waals surface area (Å²) >= 11 is 10.1. The van der Waals surface area contributed by atoms with Gasteiger partial charge in [0.05, 0.1) is 12.0 Å². The van der Waals surface area contributed by atoms with Crippen LogP contribution in [0.25, 0.3) is 0 Å². The second kappa shape index (κ2) is 7.27. The SMILES string of the molecule is CCOc1ccc(C(Cl)C(CC)CC)c(Br)c1. The van der Waals surface area contributed by atoms with Gasteiger partial charge >= 0.3 is 0 Å². The van der Waals surface area contributed by atoms with E-state index < -0.39 is 0 Å². The predicted octanol–water partition coefficient (Wildman–Crippen LogP) is 5.56. The molecule has 1 nitrogen and oxygen atoms in total. The van der Waals surface area contributed by atoms with Gasteiger partial charge in [0.15, 0.2) is 0 Å². The van der Waals surface area contributed by atoms with Crippen molar-refractivity contribution in [2.45, 2.75) is 39.0 Å². The van der Waals surface area contributed by atoms with Gasteiger partial charge in [0.25, 0.3) is 0 Å². The van der Waals surface area contributed by atoms with E-state index >= 15 is 0 Å². The van der Waals surface area contributed by atoms with Crippen molar-refractivity contribution in [3.05, 3.63) is 28.2 Å². The third-order valence-corrected chi connectivity index (χ3v) is 4.32. The molecule has 0 fully saturated rings. The van der Waals surface area contributed by atoms with E-state index in [4.69, 9.17) is 16.3 Å². The van der Waals surface area contributed by atoms with Crippen molar-refractivity contribution < 1.29 is 4.74 Å². The van der Waals surface area contributed by atoms with Gasteiger partial charge in [-0.05, 0) is 30.5 Å². The smallest absolute Gasteiger partial charge is 0.120 e. The molecule has 96 valence electrons. The van der Waals surface area contributed by atoms with Crippen molar-refractivity contribution in [1.82, 2.24) is 0 Å². The summed E-state index contributed by atoms with van der Waals surface area (Å²) in [6, 6.07) is 6.04. The monoisotopic (exact) mass is 318 g/mol. The average molecular weight is 320 g/mol. The largest absolute Gasteiger partial charge is 0.494 e. The Bertz CT molecular complexity index is 350. The van der Waals surface area contributed by atoms with Gasteiger partial charge in [-0.1, -0.05) is 48.7 Å². The molecule has 1 atom stereocenters. The molecule has 0 aliphatic carbocycles. The summed E-state index contributed by atoms with van der Waals surface area (Å²) in [5.74, 6) is 1.41. The minimum absolute atomic E-state index is 0.0649. The number of hydrogen-bond donors (Lipinski definition) is 0. The summed E-state index contributed by atoms with van der Waals surface area (Å²) in [6.07, 6.45) is 2.20. The van der Waals surface area contributed by atoms with Gasteiger partial charge in [-0.25, -0.2) is 0 Å². The van der Waals surface area contributed by atoms with Crippen LogP contribution in [0.1, 0.15) is 44.6 Å². The van der Waals surface area contributed by atoms with Gasteiger partial charge in [-0.3, -0.25) is 0 Å². The number of rotatable bonds is 6. The number of halogens is 2. The first kappa shape index (κ1) is 14.8. The summed E-state index contributed by atoms with van der Waals surface area (Å²) in [4.78, 5) is 0. The van der Waals surface area contributed by atoms with Crippen LogP contribution in [0.3, 0.4) is 0 Å². The molecule has 17 heavy (non-hydrogen) atoms. The molecule has 0 aliphatic rings. The highest BCUT2D eigenvalue weighted by atomic mass is 79.9. The van der Waals surface area contributed by atoms with Gasteiger partial charge < -0.3 is 4.74 Å². The molecule has 0 bridgehead atoms. The molecule has 0 N–H and O–H groups in total. The number of ether oxygens (including phenoxy) is 1. The maximum Gasteiger partial charge on any atom is 0.120 e. The predicted molar refractivity (Wildman–Crippen MR) is 78.0 cm³/mol. The Kier molecular flexibility index (Phi) is 6.35. The Labute approximate surface area is 118 Å². The van der Waals surface area contributed by atoms with E-state index in [-0.39, 0.29) is 5.38 Å². The zero-order chi connectivity index (χ0) is 12.8. The average Bonchev–Trinajstić information content (AvgIpc) is 2.31. The lowest BCUT2D eigenvalue weighted by molar-refractivity contribution is 0.340. The maximum absolute atomic E-state index is 6.54. The van der Waals surface area contributed by atoms with Gasteiger partial charge in [-0.2, -0.15) is 0 Å². The maximum atomic E-state index is 6.54. The molecular weight excluding hydrogens is 300 g/mol. The van der Waals surface area contributed by atoms with E-state index in [1.165, 1.54) is 0 Å². The molecule has 1 aromatic carbocycles. The van der Waals surface area contributed by atoms with Crippen molar-refractivity contribution in [3.8, 4) is 5.75 Å². The molecule has 0 amide bonds. The minimum atomic E-state index is 0.0649. The summed E-state index contributed by atoms with van der Waals surface area (Å²) in [7, 11) is 0. The van der Waals surface area contributed by atoms with Crippen LogP contribution in [0.15, 0.2) is 22.7 Å². The highest BCUT2D eigenvalue weighted by Crippen LogP contribution is 2.38. The molecule has 0 radical (unpaired) electrons. The van der Waals surface area contributed by atoms with Crippen molar-refractivity contribution in [3.63, 3.8) is 0 Å². The second-order valence-electron chi connectivity index (χ2n) is 4.09. The van der Waals surface area contributed by atoms with Gasteiger partial charge in [0.2, 0.25) is 0 Å². The minimum Gasteiger partial charge on any atom is -0.494 e. The fourth-order valence-electron chi connectivity index (χ4n) is 1.94. The van der Waals surface area contributed by atoms with Gasteiger partial charge in [-0.15, -0.1) is 11.6 Å². The molecule has 0 spiro atoms. The molecule has 1 unspecified atom stereocenters. The molecule has 0 saturated carbocycles. The second-order valence-corrected chi connectivity index (χ2v) is 5.42. The van der Waals surface area contributed by atoms with E-state index in [9.17, 15) is 0 Å².